The summed E-state index contributed by atoms with van der Waals surface area (Å²) in [7, 11) is 1.48. The first kappa shape index (κ1) is 14.3. The second-order valence-electron chi connectivity index (χ2n) is 3.76. The summed E-state index contributed by atoms with van der Waals surface area (Å²) in [6.07, 6.45) is 0. The Kier molecular flexibility index (Phi) is 4.95. The summed E-state index contributed by atoms with van der Waals surface area (Å²) in [5.41, 5.74) is -1.13. The Morgan fingerprint density at radius 2 is 1.83 bits per heavy atom. The van der Waals surface area contributed by atoms with Gasteiger partial charge in [0.2, 0.25) is 0 Å². The van der Waals surface area contributed by atoms with Crippen molar-refractivity contribution in [3.05, 3.63) is 17.8 Å². The van der Waals surface area contributed by atoms with E-state index in [0.717, 1.165) is 0 Å². The average Bonchev–Trinajstić information content (AvgIpc) is 2.45. The fourth-order valence-corrected chi connectivity index (χ4v) is 1.19. The Balaban J connectivity index is 2.83. The summed E-state index contributed by atoms with van der Waals surface area (Å²) in [6.45, 7) is -1.42. The summed E-state index contributed by atoms with van der Waals surface area (Å²) in [5.74, 6) is -0.133. The van der Waals surface area contributed by atoms with Gasteiger partial charge in [0.05, 0.1) is 19.8 Å². The molecule has 18 heavy (non-hydrogen) atoms. The molecule has 0 atom stereocenters. The molecular weight excluding hydrogens is 240 g/mol. The zero-order chi connectivity index (χ0) is 13.6. The van der Waals surface area contributed by atoms with Crippen molar-refractivity contribution < 1.29 is 20.1 Å². The van der Waals surface area contributed by atoms with Gasteiger partial charge in [0, 0.05) is 7.05 Å². The zero-order valence-corrected chi connectivity index (χ0v) is 9.92. The van der Waals surface area contributed by atoms with Gasteiger partial charge >= 0.3 is 0 Å². The van der Waals surface area contributed by atoms with E-state index in [4.69, 9.17) is 15.3 Å². The minimum atomic E-state index is -1.27. The minimum absolute atomic E-state index is 0.144. The molecule has 0 aliphatic carbocycles. The van der Waals surface area contributed by atoms with Gasteiger partial charge in [-0.15, -0.1) is 10.2 Å². The number of hydrogen-bond donors (Lipinski definition) is 5. The third-order valence-corrected chi connectivity index (χ3v) is 2.43. The Labute approximate surface area is 104 Å². The summed E-state index contributed by atoms with van der Waals surface area (Å²) >= 11 is 0. The van der Waals surface area contributed by atoms with Crippen LogP contribution in [-0.2, 0) is 0 Å². The number of nitrogens with zero attached hydrogens (tertiary/aromatic N) is 2. The second kappa shape index (κ2) is 6.24. The zero-order valence-electron chi connectivity index (χ0n) is 9.92. The van der Waals surface area contributed by atoms with Crippen LogP contribution in [-0.4, -0.2) is 63.8 Å². The molecule has 8 heteroatoms. The number of anilines is 1. The van der Waals surface area contributed by atoms with E-state index in [0.29, 0.717) is 0 Å². The van der Waals surface area contributed by atoms with E-state index in [-0.39, 0.29) is 17.4 Å². The smallest absolute Gasteiger partial charge is 0.271 e. The number of carbonyl (C=O) groups is 1. The first-order chi connectivity index (χ1) is 8.60. The molecule has 0 radical (unpaired) electrons. The SMILES string of the molecule is CNC(=O)c1ccc(NC(CO)(CO)CO)nn1. The van der Waals surface area contributed by atoms with Gasteiger partial charge in [-0.05, 0) is 12.1 Å². The molecular formula is C10H16N4O4. The topological polar surface area (TPSA) is 128 Å². The van der Waals surface area contributed by atoms with Crippen LogP contribution in [0, 0.1) is 0 Å². The molecule has 1 rings (SSSR count). The molecule has 0 spiro atoms. The van der Waals surface area contributed by atoms with Gasteiger partial charge in [-0.3, -0.25) is 4.79 Å². The summed E-state index contributed by atoms with van der Waals surface area (Å²) in [5, 5.41) is 39.8. The van der Waals surface area contributed by atoms with Gasteiger partial charge < -0.3 is 26.0 Å². The van der Waals surface area contributed by atoms with Crippen LogP contribution in [0.15, 0.2) is 12.1 Å². The van der Waals surface area contributed by atoms with Crippen molar-refractivity contribution in [1.82, 2.24) is 15.5 Å². The third-order valence-electron chi connectivity index (χ3n) is 2.43. The number of aliphatic hydroxyl groups excluding tert-OH is 3. The summed E-state index contributed by atoms with van der Waals surface area (Å²) < 4.78 is 0. The maximum Gasteiger partial charge on any atom is 0.271 e. The Morgan fingerprint density at radius 1 is 1.22 bits per heavy atom. The number of carbonyl (C=O) groups excluding carboxylic acids is 1. The second-order valence-corrected chi connectivity index (χ2v) is 3.76. The van der Waals surface area contributed by atoms with Gasteiger partial charge in [0.1, 0.15) is 11.4 Å². The number of amides is 1. The van der Waals surface area contributed by atoms with Crippen LogP contribution in [0.5, 0.6) is 0 Å². The Hall–Kier alpha value is -1.77. The molecule has 0 unspecified atom stereocenters. The largest absolute Gasteiger partial charge is 0.394 e. The highest BCUT2D eigenvalue weighted by atomic mass is 16.3. The molecule has 8 nitrogen and oxygen atoms in total. The van der Waals surface area contributed by atoms with Gasteiger partial charge in [0.15, 0.2) is 5.69 Å². The lowest BCUT2D eigenvalue weighted by Gasteiger charge is -2.28. The van der Waals surface area contributed by atoms with Crippen molar-refractivity contribution in [2.75, 3.05) is 32.2 Å². The van der Waals surface area contributed by atoms with E-state index in [2.05, 4.69) is 20.8 Å². The molecule has 0 saturated heterocycles. The molecule has 0 aliphatic rings. The van der Waals surface area contributed by atoms with E-state index >= 15 is 0 Å². The minimum Gasteiger partial charge on any atom is -0.394 e. The van der Waals surface area contributed by atoms with Crippen molar-refractivity contribution in [1.29, 1.82) is 0 Å². The maximum absolute atomic E-state index is 11.2. The van der Waals surface area contributed by atoms with E-state index in [1.165, 1.54) is 19.2 Å². The molecule has 0 fully saturated rings. The van der Waals surface area contributed by atoms with E-state index in [1.807, 2.05) is 0 Å². The van der Waals surface area contributed by atoms with Crippen LogP contribution < -0.4 is 10.6 Å². The van der Waals surface area contributed by atoms with Gasteiger partial charge in [0.25, 0.3) is 5.91 Å². The fraction of sp³-hybridized carbons (Fsp3) is 0.500. The predicted molar refractivity (Wildman–Crippen MR) is 63.0 cm³/mol. The molecule has 100 valence electrons. The van der Waals surface area contributed by atoms with Gasteiger partial charge in [-0.1, -0.05) is 0 Å². The van der Waals surface area contributed by atoms with Crippen LogP contribution in [0.2, 0.25) is 0 Å². The first-order valence-corrected chi connectivity index (χ1v) is 5.27. The predicted octanol–water partition coefficient (Wildman–Crippen LogP) is -2.04. The standard InChI is InChI=1S/C10H16N4O4/c1-11-9(18)7-2-3-8(14-13-7)12-10(4-15,5-16)6-17/h2-3,15-17H,4-6H2,1H3,(H,11,18)(H,12,14). The highest BCUT2D eigenvalue weighted by Gasteiger charge is 2.28. The van der Waals surface area contributed by atoms with Crippen LogP contribution in [0.3, 0.4) is 0 Å². The number of rotatable bonds is 6. The highest BCUT2D eigenvalue weighted by Crippen LogP contribution is 2.12. The molecule has 1 aromatic heterocycles. The van der Waals surface area contributed by atoms with Crippen molar-refractivity contribution in [3.63, 3.8) is 0 Å². The lowest BCUT2D eigenvalue weighted by Crippen LogP contribution is -2.49. The fourth-order valence-electron chi connectivity index (χ4n) is 1.19. The van der Waals surface area contributed by atoms with Crippen LogP contribution in [0.25, 0.3) is 0 Å². The quantitative estimate of drug-likeness (QED) is 0.397. The lowest BCUT2D eigenvalue weighted by atomic mass is 10.0. The van der Waals surface area contributed by atoms with E-state index < -0.39 is 25.4 Å². The summed E-state index contributed by atoms with van der Waals surface area (Å²) in [4.78, 5) is 11.2. The molecule has 0 aromatic carbocycles. The summed E-state index contributed by atoms with van der Waals surface area (Å²) in [6, 6.07) is 2.90. The third kappa shape index (κ3) is 3.13. The first-order valence-electron chi connectivity index (χ1n) is 5.27. The van der Waals surface area contributed by atoms with Crippen molar-refractivity contribution in [3.8, 4) is 0 Å². The molecule has 0 saturated carbocycles. The average molecular weight is 256 g/mol. The number of hydrogen-bond acceptors (Lipinski definition) is 7. The molecule has 1 heterocycles. The molecule has 1 amide bonds. The van der Waals surface area contributed by atoms with Gasteiger partial charge in [-0.25, -0.2) is 0 Å². The van der Waals surface area contributed by atoms with Crippen molar-refractivity contribution in [2.24, 2.45) is 0 Å². The van der Waals surface area contributed by atoms with Gasteiger partial charge in [-0.2, -0.15) is 0 Å². The number of nitrogens with one attached hydrogen (secondary N) is 2. The van der Waals surface area contributed by atoms with Crippen LogP contribution in [0.4, 0.5) is 5.82 Å². The molecule has 0 aliphatic heterocycles. The maximum atomic E-state index is 11.2. The molecule has 0 bridgehead atoms. The van der Waals surface area contributed by atoms with Crippen LogP contribution >= 0.6 is 0 Å². The van der Waals surface area contributed by atoms with E-state index in [9.17, 15) is 4.79 Å². The number of aromatic nitrogens is 2. The number of aliphatic hydroxyl groups is 3. The monoisotopic (exact) mass is 256 g/mol. The molecule has 1 aromatic rings. The van der Waals surface area contributed by atoms with Crippen molar-refractivity contribution in [2.45, 2.75) is 5.54 Å². The Morgan fingerprint density at radius 3 is 2.22 bits per heavy atom. The Bertz CT molecular complexity index is 383. The van der Waals surface area contributed by atoms with Crippen molar-refractivity contribution >= 4 is 11.7 Å². The van der Waals surface area contributed by atoms with Crippen LogP contribution in [0.1, 0.15) is 10.5 Å². The molecule has 5 N–H and O–H groups in total. The normalized spacial score (nSPS) is 11.1. The highest BCUT2D eigenvalue weighted by molar-refractivity contribution is 5.91. The lowest BCUT2D eigenvalue weighted by molar-refractivity contribution is 0.0829. The van der Waals surface area contributed by atoms with E-state index in [1.54, 1.807) is 0 Å².